The van der Waals surface area contributed by atoms with Crippen LogP contribution in [0.4, 0.5) is 0 Å². The first kappa shape index (κ1) is 58.2. The Bertz CT molecular complexity index is 2050. The Kier molecular flexibility index (Phi) is 24.2. The number of nitrogens with one attached hydrogen (secondary N) is 7. The molecule has 70 heavy (non-hydrogen) atoms. The number of phenolic OH excluding ortho intramolecular Hbond substituents is 1. The standard InChI is InChI=1S/C45H69N11O12S2/c1-5-25(4)38-44(67)51-28(14-15-34(46)58)40(63)53-32(22-35(47)59)41(64)52-29(45(68)56-17-6-8-33(56)43(66)54-30(20-24(2)3)39(62)49-23-36(48)60)16-19-70-69-18-7-9-37(61)50-31(42(65)55-38)21-26-10-12-27(57)13-11-26/h10-13,24-25,28-33,38,57H,5-9,14-23H2,1-4H3,(H2,46,58)(H2,47,59)(H2,48,60)(H,49,62)(H,50,61)(H,51,67)(H,52,64)(H,53,63)(H,54,66)(H,55,65)/t25-,28-,29-,30-,31-,32-,33-,38-/m0/s1. The van der Waals surface area contributed by atoms with E-state index in [1.807, 2.05) is 13.8 Å². The minimum Gasteiger partial charge on any atom is -0.508 e. The van der Waals surface area contributed by atoms with Gasteiger partial charge in [-0.1, -0.05) is 67.8 Å². The molecule has 0 unspecified atom stereocenters. The fourth-order valence-electron chi connectivity index (χ4n) is 7.68. The summed E-state index contributed by atoms with van der Waals surface area (Å²) in [5.74, 6) is -8.58. The molecule has 0 bridgehead atoms. The zero-order valence-electron chi connectivity index (χ0n) is 40.0. The molecule has 2 saturated heterocycles. The van der Waals surface area contributed by atoms with Gasteiger partial charge in [-0.2, -0.15) is 0 Å². The van der Waals surface area contributed by atoms with E-state index in [1.165, 1.54) is 38.6 Å². The van der Waals surface area contributed by atoms with Crippen LogP contribution in [0.25, 0.3) is 0 Å². The number of carbonyl (C=O) groups excluding carboxylic acids is 11. The van der Waals surface area contributed by atoms with Crippen molar-refractivity contribution in [2.75, 3.05) is 24.6 Å². The minimum absolute atomic E-state index is 0.0119. The van der Waals surface area contributed by atoms with Gasteiger partial charge in [0.25, 0.3) is 0 Å². The molecule has 2 aliphatic heterocycles. The average Bonchev–Trinajstić information content (AvgIpc) is 3.79. The first-order chi connectivity index (χ1) is 33.1. The van der Waals surface area contributed by atoms with Crippen molar-refractivity contribution in [2.45, 2.75) is 141 Å². The molecule has 0 aliphatic carbocycles. The predicted molar refractivity (Wildman–Crippen MR) is 260 cm³/mol. The van der Waals surface area contributed by atoms with E-state index < -0.39 is 133 Å². The molecule has 2 heterocycles. The van der Waals surface area contributed by atoms with Crippen molar-refractivity contribution < 1.29 is 57.8 Å². The Labute approximate surface area is 414 Å². The molecule has 23 nitrogen and oxygen atoms in total. The number of phenols is 1. The van der Waals surface area contributed by atoms with Crippen molar-refractivity contribution in [2.24, 2.45) is 29.0 Å². The predicted octanol–water partition coefficient (Wildman–Crippen LogP) is -1.77. The van der Waals surface area contributed by atoms with E-state index >= 15 is 0 Å². The fraction of sp³-hybridized carbons (Fsp3) is 0.622. The molecule has 2 aliphatic rings. The van der Waals surface area contributed by atoms with Crippen LogP contribution in [0.2, 0.25) is 0 Å². The third kappa shape index (κ3) is 19.7. The van der Waals surface area contributed by atoms with Gasteiger partial charge in [0, 0.05) is 37.3 Å². The molecule has 0 radical (unpaired) electrons. The van der Waals surface area contributed by atoms with Gasteiger partial charge in [0.1, 0.15) is 48.0 Å². The topological polar surface area (TPSA) is 374 Å². The summed E-state index contributed by atoms with van der Waals surface area (Å²) in [5.41, 5.74) is 16.7. The summed E-state index contributed by atoms with van der Waals surface area (Å²) in [6.45, 7) is 6.75. The number of nitrogens with zero attached hydrogens (tertiary/aromatic N) is 1. The highest BCUT2D eigenvalue weighted by atomic mass is 33.1. The summed E-state index contributed by atoms with van der Waals surface area (Å²) in [4.78, 5) is 148. The van der Waals surface area contributed by atoms with Crippen LogP contribution in [-0.2, 0) is 59.2 Å². The van der Waals surface area contributed by atoms with Crippen molar-refractivity contribution in [1.82, 2.24) is 42.1 Å². The number of hydrogen-bond acceptors (Lipinski definition) is 14. The summed E-state index contributed by atoms with van der Waals surface area (Å²) in [6, 6.07) is -3.19. The van der Waals surface area contributed by atoms with Gasteiger partial charge in [0.2, 0.25) is 65.0 Å². The van der Waals surface area contributed by atoms with Crippen molar-refractivity contribution in [3.05, 3.63) is 29.8 Å². The van der Waals surface area contributed by atoms with E-state index in [4.69, 9.17) is 17.2 Å². The highest BCUT2D eigenvalue weighted by Crippen LogP contribution is 2.26. The van der Waals surface area contributed by atoms with Crippen molar-refractivity contribution in [3.8, 4) is 5.75 Å². The molecular weight excluding hydrogens is 951 g/mol. The van der Waals surface area contributed by atoms with Crippen molar-refractivity contribution in [1.29, 1.82) is 0 Å². The van der Waals surface area contributed by atoms with Gasteiger partial charge in [-0.3, -0.25) is 52.7 Å². The Morgan fingerprint density at radius 2 is 1.41 bits per heavy atom. The van der Waals surface area contributed by atoms with Gasteiger partial charge in [-0.05, 0) is 68.1 Å². The molecule has 2 fully saturated rings. The van der Waals surface area contributed by atoms with Crippen LogP contribution in [0, 0.1) is 11.8 Å². The van der Waals surface area contributed by atoms with E-state index in [0.29, 0.717) is 30.6 Å². The smallest absolute Gasteiger partial charge is 0.245 e. The van der Waals surface area contributed by atoms with Gasteiger partial charge in [-0.25, -0.2) is 0 Å². The highest BCUT2D eigenvalue weighted by molar-refractivity contribution is 8.76. The molecule has 11 amide bonds. The molecule has 0 spiro atoms. The first-order valence-corrected chi connectivity index (χ1v) is 25.8. The lowest BCUT2D eigenvalue weighted by Gasteiger charge is -2.31. The fourth-order valence-corrected chi connectivity index (χ4v) is 9.85. The maximum absolute atomic E-state index is 14.5. The summed E-state index contributed by atoms with van der Waals surface area (Å²) in [5, 5.41) is 28.0. The first-order valence-electron chi connectivity index (χ1n) is 23.4. The second kappa shape index (κ2) is 29.2. The minimum atomic E-state index is -1.71. The number of likely N-dealkylation sites (tertiary alicyclic amines) is 1. The van der Waals surface area contributed by atoms with Gasteiger partial charge >= 0.3 is 0 Å². The molecule has 0 aromatic heterocycles. The number of nitrogens with two attached hydrogens (primary N) is 3. The monoisotopic (exact) mass is 1020 g/mol. The lowest BCUT2D eigenvalue weighted by Crippen LogP contribution is -2.61. The summed E-state index contributed by atoms with van der Waals surface area (Å²) in [6.07, 6.45) is -0.0294. The molecule has 388 valence electrons. The average molecular weight is 1020 g/mol. The van der Waals surface area contributed by atoms with Crippen LogP contribution in [0.5, 0.6) is 5.75 Å². The molecule has 0 saturated carbocycles. The van der Waals surface area contributed by atoms with Gasteiger partial charge in [0.15, 0.2) is 0 Å². The quantitative estimate of drug-likeness (QED) is 0.0771. The van der Waals surface area contributed by atoms with Crippen LogP contribution in [0.1, 0.15) is 97.5 Å². The lowest BCUT2D eigenvalue weighted by atomic mass is 9.96. The number of rotatable bonds is 17. The zero-order chi connectivity index (χ0) is 52.1. The van der Waals surface area contributed by atoms with Crippen LogP contribution in [-0.4, -0.2) is 142 Å². The molecule has 1 aromatic rings. The SMILES string of the molecule is CC[C@H](C)[C@@H]1NC(=O)[C@H](Cc2ccc(O)cc2)NC(=O)CCCSSCC[C@@H](C(=O)N2CCC[C@H]2C(=O)N[C@@H](CC(C)C)C(=O)NCC(N)=O)NC(=O)[C@H](CC(N)=O)NC(=O)[C@H](CCC(N)=O)NC1=O. The molecule has 14 N–H and O–H groups in total. The van der Waals surface area contributed by atoms with Crippen LogP contribution < -0.4 is 54.4 Å². The van der Waals surface area contributed by atoms with Crippen LogP contribution in [0.3, 0.4) is 0 Å². The van der Waals surface area contributed by atoms with Gasteiger partial charge in [0.05, 0.1) is 13.0 Å². The van der Waals surface area contributed by atoms with E-state index in [9.17, 15) is 57.8 Å². The van der Waals surface area contributed by atoms with E-state index in [1.54, 1.807) is 26.0 Å². The Balaban J connectivity index is 2.00. The van der Waals surface area contributed by atoms with E-state index in [-0.39, 0.29) is 62.5 Å². The maximum Gasteiger partial charge on any atom is 0.245 e. The number of aromatic hydroxyl groups is 1. The molecule has 25 heteroatoms. The Morgan fingerprint density at radius 3 is 2.04 bits per heavy atom. The second-order valence-corrected chi connectivity index (χ2v) is 20.5. The second-order valence-electron chi connectivity index (χ2n) is 17.8. The maximum atomic E-state index is 14.5. The van der Waals surface area contributed by atoms with E-state index in [2.05, 4.69) is 37.2 Å². The van der Waals surface area contributed by atoms with Crippen molar-refractivity contribution in [3.63, 3.8) is 0 Å². The van der Waals surface area contributed by atoms with Gasteiger partial charge in [-0.15, -0.1) is 0 Å². The molecule has 3 rings (SSSR count). The molecular formula is C45H69N11O12S2. The molecule has 1 aromatic carbocycles. The summed E-state index contributed by atoms with van der Waals surface area (Å²) >= 11 is 0. The van der Waals surface area contributed by atoms with Crippen LogP contribution >= 0.6 is 21.6 Å². The Hall–Kier alpha value is -6.11. The Morgan fingerprint density at radius 1 is 0.771 bits per heavy atom. The normalized spacial score (nSPS) is 23.4. The van der Waals surface area contributed by atoms with Gasteiger partial charge < -0.3 is 64.4 Å². The lowest BCUT2D eigenvalue weighted by molar-refractivity contribution is -0.142. The zero-order valence-corrected chi connectivity index (χ0v) is 41.7. The molecule has 8 atom stereocenters. The third-order valence-electron chi connectivity index (χ3n) is 11.6. The number of primary amides is 3. The van der Waals surface area contributed by atoms with Crippen molar-refractivity contribution >= 4 is 86.6 Å². The number of benzene rings is 1. The number of carbonyl (C=O) groups is 11. The summed E-state index contributed by atoms with van der Waals surface area (Å²) in [7, 11) is 2.71. The third-order valence-corrected chi connectivity index (χ3v) is 14.1. The van der Waals surface area contributed by atoms with Crippen LogP contribution in [0.15, 0.2) is 24.3 Å². The largest absolute Gasteiger partial charge is 0.508 e. The number of amides is 11. The summed E-state index contributed by atoms with van der Waals surface area (Å²) < 4.78 is 0. The van der Waals surface area contributed by atoms with E-state index in [0.717, 1.165) is 0 Å². The highest BCUT2D eigenvalue weighted by Gasteiger charge is 2.40. The number of hydrogen-bond donors (Lipinski definition) is 11.